The first-order valence-corrected chi connectivity index (χ1v) is 2.46. The van der Waals surface area contributed by atoms with E-state index in [-0.39, 0.29) is 21.1 Å². The summed E-state index contributed by atoms with van der Waals surface area (Å²) < 4.78 is 18.3. The summed E-state index contributed by atoms with van der Waals surface area (Å²) in [6.07, 6.45) is 0. The van der Waals surface area contributed by atoms with Gasteiger partial charge in [-0.2, -0.15) is 0 Å². The van der Waals surface area contributed by atoms with Crippen LogP contribution in [0.3, 0.4) is 0 Å². The summed E-state index contributed by atoms with van der Waals surface area (Å²) in [5, 5.41) is 0. The van der Waals surface area contributed by atoms with E-state index in [1.54, 1.807) is 0 Å². The molecule has 0 bridgehead atoms. The van der Waals surface area contributed by atoms with Crippen molar-refractivity contribution in [2.45, 2.75) is 0 Å². The molecule has 0 fully saturated rings. The zero-order chi connectivity index (χ0) is 4.99. The molecule has 44 valence electrons. The van der Waals surface area contributed by atoms with Crippen LogP contribution in [0, 0.1) is 0 Å². The van der Waals surface area contributed by atoms with Crippen LogP contribution in [0.4, 0.5) is 0 Å². The molecule has 0 radical (unpaired) electrons. The second kappa shape index (κ2) is 6.71. The van der Waals surface area contributed by atoms with Crippen molar-refractivity contribution in [1.29, 1.82) is 0 Å². The standard InChI is InChI=1S/C2H6O3P.Pt/c1-4-6(3)5-2;/h1-2H3;/q+1;+2. The fraction of sp³-hybridized carbons (Fsp3) is 1.00. The summed E-state index contributed by atoms with van der Waals surface area (Å²) in [5.41, 5.74) is 0. The minimum absolute atomic E-state index is 0. The van der Waals surface area contributed by atoms with Gasteiger partial charge in [0.2, 0.25) is 0 Å². The third kappa shape index (κ3) is 6.71. The molecule has 0 unspecified atom stereocenters. The summed E-state index contributed by atoms with van der Waals surface area (Å²) in [6.45, 7) is 0. The van der Waals surface area contributed by atoms with Gasteiger partial charge in [-0.1, -0.05) is 0 Å². The van der Waals surface area contributed by atoms with E-state index < -0.39 is 8.25 Å². The van der Waals surface area contributed by atoms with Crippen LogP contribution in [-0.2, 0) is 34.7 Å². The maximum absolute atomic E-state index is 9.88. The first-order valence-electron chi connectivity index (χ1n) is 1.36. The van der Waals surface area contributed by atoms with Gasteiger partial charge in [-0.3, -0.25) is 0 Å². The molecule has 0 rings (SSSR count). The van der Waals surface area contributed by atoms with Crippen molar-refractivity contribution in [2.75, 3.05) is 14.2 Å². The van der Waals surface area contributed by atoms with E-state index in [0.717, 1.165) is 0 Å². The minimum atomic E-state index is -1.83. The van der Waals surface area contributed by atoms with Gasteiger partial charge in [-0.25, -0.2) is 0 Å². The van der Waals surface area contributed by atoms with Crippen molar-refractivity contribution in [2.24, 2.45) is 0 Å². The van der Waals surface area contributed by atoms with E-state index in [0.29, 0.717) is 0 Å². The van der Waals surface area contributed by atoms with Crippen LogP contribution in [0.2, 0.25) is 0 Å². The largest absolute Gasteiger partial charge is 2.00 e. The molecule has 0 atom stereocenters. The summed E-state index contributed by atoms with van der Waals surface area (Å²) in [7, 11) is 0.817. The normalized spacial score (nSPS) is 7.14. The topological polar surface area (TPSA) is 35.5 Å². The quantitative estimate of drug-likeness (QED) is 0.712. The molecule has 0 saturated carbocycles. The Kier molecular flexibility index (Phi) is 10.2. The third-order valence-electron chi connectivity index (χ3n) is 0.298. The predicted octanol–water partition coefficient (Wildman–Crippen LogP) is 0.934. The summed E-state index contributed by atoms with van der Waals surface area (Å²) in [6, 6.07) is 0. The van der Waals surface area contributed by atoms with E-state index in [9.17, 15) is 4.57 Å². The molecule has 0 aromatic carbocycles. The SMILES string of the molecule is CO[P+](=O)OC.[Pt+2]. The molecular weight excluding hydrogens is 298 g/mol. The Morgan fingerprint density at radius 2 is 1.57 bits per heavy atom. The van der Waals surface area contributed by atoms with Crippen LogP contribution in [0.1, 0.15) is 0 Å². The third-order valence-corrected chi connectivity index (χ3v) is 0.894. The molecule has 0 aromatic rings. The molecule has 0 saturated heterocycles. The Morgan fingerprint density at radius 3 is 1.57 bits per heavy atom. The summed E-state index contributed by atoms with van der Waals surface area (Å²) in [5.74, 6) is 0. The van der Waals surface area contributed by atoms with Gasteiger partial charge in [-0.15, -0.1) is 9.05 Å². The van der Waals surface area contributed by atoms with E-state index in [1.807, 2.05) is 0 Å². The molecule has 0 aliphatic heterocycles. The Bertz CT molecular complexity index is 50.9. The second-order valence-electron chi connectivity index (χ2n) is 0.589. The Labute approximate surface area is 57.6 Å². The maximum atomic E-state index is 9.88. The van der Waals surface area contributed by atoms with Gasteiger partial charge in [0.1, 0.15) is 0 Å². The van der Waals surface area contributed by atoms with Crippen molar-refractivity contribution in [3.05, 3.63) is 0 Å². The smallest absolute Gasteiger partial charge is 0.122 e. The predicted molar refractivity (Wildman–Crippen MR) is 21.6 cm³/mol. The van der Waals surface area contributed by atoms with Gasteiger partial charge in [0.05, 0.1) is 14.2 Å². The molecule has 3 nitrogen and oxygen atoms in total. The zero-order valence-corrected chi connectivity index (χ0v) is 7.15. The maximum Gasteiger partial charge on any atom is 2.00 e. The van der Waals surface area contributed by atoms with Crippen LogP contribution in [-0.4, -0.2) is 14.2 Å². The molecule has 0 heterocycles. The summed E-state index contributed by atoms with van der Waals surface area (Å²) in [4.78, 5) is 0. The fourth-order valence-electron chi connectivity index (χ4n) is 0.0745. The molecule has 0 amide bonds. The number of rotatable bonds is 2. The average Bonchev–Trinajstić information content (AvgIpc) is 1.65. The van der Waals surface area contributed by atoms with Gasteiger partial charge in [0, 0.05) is 4.57 Å². The van der Waals surface area contributed by atoms with Crippen LogP contribution >= 0.6 is 8.25 Å². The Morgan fingerprint density at radius 1 is 1.29 bits per heavy atom. The molecule has 7 heavy (non-hydrogen) atoms. The Balaban J connectivity index is 0. The number of hydrogen-bond acceptors (Lipinski definition) is 3. The van der Waals surface area contributed by atoms with E-state index in [2.05, 4.69) is 9.05 Å². The molecular formula is C2H6O3PPt+3. The fourth-order valence-corrected chi connectivity index (χ4v) is 0.224. The van der Waals surface area contributed by atoms with Crippen molar-refractivity contribution < 1.29 is 34.7 Å². The molecule has 0 aliphatic rings. The molecule has 0 spiro atoms. The first kappa shape index (κ1) is 10.6. The van der Waals surface area contributed by atoms with Crippen molar-refractivity contribution in [3.63, 3.8) is 0 Å². The second-order valence-corrected chi connectivity index (χ2v) is 1.77. The zero-order valence-electron chi connectivity index (χ0n) is 3.99. The van der Waals surface area contributed by atoms with Gasteiger partial charge >= 0.3 is 29.3 Å². The average molecular weight is 304 g/mol. The first-order chi connectivity index (χ1) is 2.81. The van der Waals surface area contributed by atoms with E-state index in [4.69, 9.17) is 0 Å². The molecule has 0 N–H and O–H groups in total. The van der Waals surface area contributed by atoms with Crippen LogP contribution in [0.5, 0.6) is 0 Å². The van der Waals surface area contributed by atoms with Crippen molar-refractivity contribution in [1.82, 2.24) is 0 Å². The Hall–Kier alpha value is 0.708. The van der Waals surface area contributed by atoms with Crippen molar-refractivity contribution in [3.8, 4) is 0 Å². The van der Waals surface area contributed by atoms with Crippen LogP contribution in [0.15, 0.2) is 0 Å². The van der Waals surface area contributed by atoms with Gasteiger partial charge in [0.25, 0.3) is 0 Å². The minimum Gasteiger partial charge on any atom is -0.122 e. The molecule has 0 aliphatic carbocycles. The molecule has 0 aromatic heterocycles. The van der Waals surface area contributed by atoms with Crippen LogP contribution < -0.4 is 0 Å². The van der Waals surface area contributed by atoms with Gasteiger partial charge < -0.3 is 0 Å². The number of hydrogen-bond donors (Lipinski definition) is 0. The van der Waals surface area contributed by atoms with Gasteiger partial charge in [0.15, 0.2) is 0 Å². The van der Waals surface area contributed by atoms with Crippen molar-refractivity contribution >= 4 is 8.25 Å². The van der Waals surface area contributed by atoms with Gasteiger partial charge in [-0.05, 0) is 0 Å². The monoisotopic (exact) mass is 304 g/mol. The van der Waals surface area contributed by atoms with E-state index in [1.165, 1.54) is 14.2 Å². The molecule has 5 heteroatoms. The summed E-state index contributed by atoms with van der Waals surface area (Å²) >= 11 is 0. The van der Waals surface area contributed by atoms with E-state index >= 15 is 0 Å². The van der Waals surface area contributed by atoms with Crippen LogP contribution in [0.25, 0.3) is 0 Å².